The predicted octanol–water partition coefficient (Wildman–Crippen LogP) is 0.557. The summed E-state index contributed by atoms with van der Waals surface area (Å²) in [6.07, 6.45) is 0.399. The van der Waals surface area contributed by atoms with Crippen molar-refractivity contribution >= 4 is 17.6 Å². The van der Waals surface area contributed by atoms with Crippen LogP contribution in [0, 0.1) is 0 Å². The van der Waals surface area contributed by atoms with Gasteiger partial charge in [0, 0.05) is 13.0 Å². The molecule has 2 rings (SSSR count). The van der Waals surface area contributed by atoms with Crippen LogP contribution in [0.15, 0.2) is 18.2 Å². The standard InChI is InChI=1S/C12H13NO5/c14-4-1-5-17-12(16)8-2-3-10-9(6-8)13-11(15)7-18-10/h2-3,6,14H,1,4-5,7H2,(H,13,15). The zero-order valence-corrected chi connectivity index (χ0v) is 9.64. The van der Waals surface area contributed by atoms with Crippen molar-refractivity contribution in [2.75, 3.05) is 25.1 Å². The fourth-order valence-electron chi connectivity index (χ4n) is 1.52. The number of esters is 1. The molecule has 0 saturated heterocycles. The van der Waals surface area contributed by atoms with Crippen LogP contribution in [0.5, 0.6) is 5.75 Å². The minimum Gasteiger partial charge on any atom is -0.482 e. The molecule has 1 aliphatic rings. The number of nitrogens with one attached hydrogen (secondary N) is 1. The van der Waals surface area contributed by atoms with Gasteiger partial charge in [-0.3, -0.25) is 4.79 Å². The Bertz CT molecular complexity index is 472. The maximum atomic E-state index is 11.6. The molecule has 2 N–H and O–H groups in total. The van der Waals surface area contributed by atoms with Crippen LogP contribution < -0.4 is 10.1 Å². The van der Waals surface area contributed by atoms with E-state index in [1.165, 1.54) is 6.07 Å². The number of aliphatic hydroxyl groups excluding tert-OH is 1. The minimum absolute atomic E-state index is 0.0205. The summed E-state index contributed by atoms with van der Waals surface area (Å²) >= 11 is 0. The Morgan fingerprint density at radius 3 is 3.11 bits per heavy atom. The fourth-order valence-corrected chi connectivity index (χ4v) is 1.52. The van der Waals surface area contributed by atoms with Gasteiger partial charge in [-0.25, -0.2) is 4.79 Å². The highest BCUT2D eigenvalue weighted by Gasteiger charge is 2.18. The van der Waals surface area contributed by atoms with Crippen molar-refractivity contribution in [2.24, 2.45) is 0 Å². The summed E-state index contributed by atoms with van der Waals surface area (Å²) in [6, 6.07) is 4.68. The number of fused-ring (bicyclic) bond motifs is 1. The second-order valence-electron chi connectivity index (χ2n) is 3.76. The van der Waals surface area contributed by atoms with E-state index < -0.39 is 5.97 Å². The summed E-state index contributed by atoms with van der Waals surface area (Å²) in [6.45, 7) is 0.115. The Hall–Kier alpha value is -2.08. The Labute approximate surface area is 104 Å². The lowest BCUT2D eigenvalue weighted by atomic mass is 10.1. The van der Waals surface area contributed by atoms with E-state index in [0.29, 0.717) is 23.4 Å². The number of anilines is 1. The molecular weight excluding hydrogens is 238 g/mol. The van der Waals surface area contributed by atoms with E-state index in [1.807, 2.05) is 0 Å². The summed E-state index contributed by atoms with van der Waals surface area (Å²) in [5.74, 6) is -0.221. The van der Waals surface area contributed by atoms with Gasteiger partial charge < -0.3 is 19.9 Å². The molecule has 96 valence electrons. The van der Waals surface area contributed by atoms with Crippen LogP contribution in [0.2, 0.25) is 0 Å². The quantitative estimate of drug-likeness (QED) is 0.603. The highest BCUT2D eigenvalue weighted by molar-refractivity contribution is 5.98. The highest BCUT2D eigenvalue weighted by atomic mass is 16.5. The van der Waals surface area contributed by atoms with Crippen LogP contribution in [0.4, 0.5) is 5.69 Å². The lowest BCUT2D eigenvalue weighted by Crippen LogP contribution is -2.25. The smallest absolute Gasteiger partial charge is 0.338 e. The molecule has 1 amide bonds. The maximum absolute atomic E-state index is 11.6. The Morgan fingerprint density at radius 1 is 1.50 bits per heavy atom. The fraction of sp³-hybridized carbons (Fsp3) is 0.333. The molecule has 1 aliphatic heterocycles. The second kappa shape index (κ2) is 5.50. The molecule has 0 unspecified atom stereocenters. The second-order valence-corrected chi connectivity index (χ2v) is 3.76. The number of aliphatic hydroxyl groups is 1. The van der Waals surface area contributed by atoms with Crippen molar-refractivity contribution < 1.29 is 24.2 Å². The van der Waals surface area contributed by atoms with Crippen molar-refractivity contribution in [1.29, 1.82) is 0 Å². The van der Waals surface area contributed by atoms with Crippen LogP contribution in [0.3, 0.4) is 0 Å². The van der Waals surface area contributed by atoms with Crippen LogP contribution in [0.25, 0.3) is 0 Å². The van der Waals surface area contributed by atoms with Gasteiger partial charge in [0.05, 0.1) is 17.9 Å². The van der Waals surface area contributed by atoms with Gasteiger partial charge in [-0.2, -0.15) is 0 Å². The number of rotatable bonds is 4. The predicted molar refractivity (Wildman–Crippen MR) is 62.6 cm³/mol. The molecule has 0 spiro atoms. The number of ether oxygens (including phenoxy) is 2. The van der Waals surface area contributed by atoms with Gasteiger partial charge in [-0.05, 0) is 18.2 Å². The molecule has 0 aliphatic carbocycles. The Kier molecular flexibility index (Phi) is 3.78. The Balaban J connectivity index is 2.08. The van der Waals surface area contributed by atoms with Gasteiger partial charge in [0.2, 0.25) is 0 Å². The first-order chi connectivity index (χ1) is 8.70. The van der Waals surface area contributed by atoms with Crippen LogP contribution >= 0.6 is 0 Å². The van der Waals surface area contributed by atoms with Crippen molar-refractivity contribution in [2.45, 2.75) is 6.42 Å². The molecule has 0 radical (unpaired) electrons. The molecule has 0 saturated carbocycles. The molecule has 0 aromatic heterocycles. The van der Waals surface area contributed by atoms with Gasteiger partial charge in [-0.15, -0.1) is 0 Å². The van der Waals surface area contributed by atoms with Crippen LogP contribution in [-0.2, 0) is 9.53 Å². The zero-order chi connectivity index (χ0) is 13.0. The minimum atomic E-state index is -0.494. The number of hydrogen-bond donors (Lipinski definition) is 2. The number of amides is 1. The Morgan fingerprint density at radius 2 is 2.33 bits per heavy atom. The third-order valence-electron chi connectivity index (χ3n) is 2.38. The normalized spacial score (nSPS) is 13.3. The molecule has 6 nitrogen and oxygen atoms in total. The highest BCUT2D eigenvalue weighted by Crippen LogP contribution is 2.28. The van der Waals surface area contributed by atoms with Crippen molar-refractivity contribution in [3.8, 4) is 5.75 Å². The summed E-state index contributed by atoms with van der Waals surface area (Å²) in [5.41, 5.74) is 0.792. The first-order valence-corrected chi connectivity index (χ1v) is 5.55. The lowest BCUT2D eigenvalue weighted by Gasteiger charge is -2.18. The van der Waals surface area contributed by atoms with Gasteiger partial charge in [0.15, 0.2) is 6.61 Å². The molecule has 1 aromatic rings. The number of hydrogen-bond acceptors (Lipinski definition) is 5. The first kappa shape index (κ1) is 12.4. The molecular formula is C12H13NO5. The van der Waals surface area contributed by atoms with Crippen LogP contribution in [-0.4, -0.2) is 36.8 Å². The summed E-state index contributed by atoms with van der Waals surface area (Å²) in [5, 5.41) is 11.2. The van der Waals surface area contributed by atoms with E-state index in [4.69, 9.17) is 14.6 Å². The molecule has 0 fully saturated rings. The SMILES string of the molecule is O=C1COc2ccc(C(=O)OCCCO)cc2N1. The third-order valence-corrected chi connectivity index (χ3v) is 2.38. The van der Waals surface area contributed by atoms with Gasteiger partial charge in [0.1, 0.15) is 5.75 Å². The van der Waals surface area contributed by atoms with E-state index in [-0.39, 0.29) is 25.7 Å². The average Bonchev–Trinajstić information content (AvgIpc) is 2.38. The maximum Gasteiger partial charge on any atom is 0.338 e. The van der Waals surface area contributed by atoms with Crippen molar-refractivity contribution in [3.05, 3.63) is 23.8 Å². The molecule has 6 heteroatoms. The summed E-state index contributed by atoms with van der Waals surface area (Å²) < 4.78 is 10.1. The first-order valence-electron chi connectivity index (χ1n) is 5.55. The largest absolute Gasteiger partial charge is 0.482 e. The molecule has 0 atom stereocenters. The molecule has 1 heterocycles. The number of benzene rings is 1. The van der Waals surface area contributed by atoms with Gasteiger partial charge in [-0.1, -0.05) is 0 Å². The monoisotopic (exact) mass is 251 g/mol. The van der Waals surface area contributed by atoms with E-state index >= 15 is 0 Å². The average molecular weight is 251 g/mol. The van der Waals surface area contributed by atoms with Crippen LogP contribution in [0.1, 0.15) is 16.8 Å². The van der Waals surface area contributed by atoms with Gasteiger partial charge in [0.25, 0.3) is 5.91 Å². The lowest BCUT2D eigenvalue weighted by molar-refractivity contribution is -0.118. The number of carbonyl (C=O) groups is 2. The van der Waals surface area contributed by atoms with E-state index in [9.17, 15) is 9.59 Å². The topological polar surface area (TPSA) is 84.9 Å². The van der Waals surface area contributed by atoms with E-state index in [1.54, 1.807) is 12.1 Å². The van der Waals surface area contributed by atoms with E-state index in [0.717, 1.165) is 0 Å². The van der Waals surface area contributed by atoms with Gasteiger partial charge >= 0.3 is 5.97 Å². The van der Waals surface area contributed by atoms with Crippen molar-refractivity contribution in [1.82, 2.24) is 0 Å². The molecule has 18 heavy (non-hydrogen) atoms. The number of carbonyl (C=O) groups excluding carboxylic acids is 2. The molecule has 0 bridgehead atoms. The zero-order valence-electron chi connectivity index (χ0n) is 9.64. The van der Waals surface area contributed by atoms with E-state index in [2.05, 4.69) is 5.32 Å². The molecule has 1 aromatic carbocycles. The summed E-state index contributed by atoms with van der Waals surface area (Å²) in [4.78, 5) is 22.8. The van der Waals surface area contributed by atoms with Crippen molar-refractivity contribution in [3.63, 3.8) is 0 Å². The third kappa shape index (κ3) is 2.78. The summed E-state index contributed by atoms with van der Waals surface area (Å²) in [7, 11) is 0.